The average molecular weight is 189 g/mol. The first-order valence-corrected chi connectivity index (χ1v) is 4.49. The van der Waals surface area contributed by atoms with Gasteiger partial charge in [-0.15, -0.1) is 5.10 Å². The van der Waals surface area contributed by atoms with E-state index in [0.717, 1.165) is 0 Å². The highest BCUT2D eigenvalue weighted by molar-refractivity contribution is 7.89. The maximum absolute atomic E-state index is 10.8. The van der Waals surface area contributed by atoms with Crippen LogP contribution in [0, 0.1) is 0 Å². The minimum Gasteiger partial charge on any atom is -0.479 e. The van der Waals surface area contributed by atoms with Gasteiger partial charge in [0.05, 0.1) is 13.3 Å². The molecule has 0 radical (unpaired) electrons. The molecule has 0 bridgehead atoms. The summed E-state index contributed by atoms with van der Waals surface area (Å²) in [4.78, 5) is -0.167. The van der Waals surface area contributed by atoms with Crippen LogP contribution in [0.15, 0.2) is 17.2 Å². The first-order valence-electron chi connectivity index (χ1n) is 2.94. The molecule has 0 amide bonds. The molecule has 1 aromatic rings. The Bertz CT molecular complexity index is 375. The number of sulfonamides is 1. The Morgan fingerprint density at radius 2 is 2.25 bits per heavy atom. The Kier molecular flexibility index (Phi) is 2.25. The van der Waals surface area contributed by atoms with E-state index in [0.29, 0.717) is 0 Å². The number of ether oxygens (including phenoxy) is 1. The van der Waals surface area contributed by atoms with Crippen molar-refractivity contribution in [2.75, 3.05) is 7.11 Å². The van der Waals surface area contributed by atoms with Gasteiger partial charge in [0.15, 0.2) is 0 Å². The summed E-state index contributed by atoms with van der Waals surface area (Å²) in [7, 11) is -2.48. The average Bonchev–Trinajstić information content (AvgIpc) is 2.03. The van der Waals surface area contributed by atoms with Gasteiger partial charge in [-0.2, -0.15) is 5.10 Å². The van der Waals surface area contributed by atoms with E-state index in [-0.39, 0.29) is 10.8 Å². The predicted molar refractivity (Wildman–Crippen MR) is 40.0 cm³/mol. The fraction of sp³-hybridized carbons (Fsp3) is 0.200. The number of hydrogen-bond donors (Lipinski definition) is 1. The van der Waals surface area contributed by atoms with Gasteiger partial charge >= 0.3 is 0 Å². The first-order chi connectivity index (χ1) is 5.55. The Balaban J connectivity index is 3.33. The molecule has 0 fully saturated rings. The zero-order chi connectivity index (χ0) is 9.19. The van der Waals surface area contributed by atoms with Crippen molar-refractivity contribution in [3.63, 3.8) is 0 Å². The predicted octanol–water partition coefficient (Wildman–Crippen LogP) is -0.867. The molecule has 0 aliphatic rings. The summed E-state index contributed by atoms with van der Waals surface area (Å²) in [6.45, 7) is 0. The van der Waals surface area contributed by atoms with Gasteiger partial charge in [0.2, 0.25) is 10.0 Å². The van der Waals surface area contributed by atoms with Crippen molar-refractivity contribution in [3.05, 3.63) is 12.3 Å². The van der Waals surface area contributed by atoms with Gasteiger partial charge in [0.25, 0.3) is 5.88 Å². The van der Waals surface area contributed by atoms with E-state index < -0.39 is 10.0 Å². The molecule has 0 saturated heterocycles. The molecule has 1 heterocycles. The van der Waals surface area contributed by atoms with E-state index >= 15 is 0 Å². The molecule has 0 aliphatic heterocycles. The van der Waals surface area contributed by atoms with Crippen molar-refractivity contribution in [2.24, 2.45) is 5.14 Å². The van der Waals surface area contributed by atoms with Crippen molar-refractivity contribution in [2.45, 2.75) is 4.90 Å². The Labute approximate surface area is 69.4 Å². The number of rotatable bonds is 2. The van der Waals surface area contributed by atoms with E-state index in [1.54, 1.807) is 0 Å². The standard InChI is InChI=1S/C5H7N3O3S/c1-11-5-4(12(6,9)10)2-3-7-8-5/h2-3H,1H3,(H2,6,9,10). The summed E-state index contributed by atoms with van der Waals surface area (Å²) in [6.07, 6.45) is 1.22. The molecule has 0 spiro atoms. The molecular weight excluding hydrogens is 182 g/mol. The van der Waals surface area contributed by atoms with Crippen molar-refractivity contribution in [1.29, 1.82) is 0 Å². The van der Waals surface area contributed by atoms with E-state index in [1.807, 2.05) is 0 Å². The quantitative estimate of drug-likeness (QED) is 0.652. The van der Waals surface area contributed by atoms with Crippen LogP contribution in [0.3, 0.4) is 0 Å². The lowest BCUT2D eigenvalue weighted by atomic mass is 10.6. The number of nitrogens with zero attached hydrogens (tertiary/aromatic N) is 2. The second kappa shape index (κ2) is 3.03. The summed E-state index contributed by atoms with van der Waals surface area (Å²) in [5, 5.41) is 11.7. The second-order valence-electron chi connectivity index (χ2n) is 1.95. The fourth-order valence-electron chi connectivity index (χ4n) is 0.665. The van der Waals surface area contributed by atoms with Crippen LogP contribution in [0.1, 0.15) is 0 Å². The summed E-state index contributed by atoms with van der Waals surface area (Å²) in [5.41, 5.74) is 0. The molecule has 66 valence electrons. The molecule has 0 unspecified atom stereocenters. The molecule has 0 saturated carbocycles. The Hall–Kier alpha value is -1.21. The Morgan fingerprint density at radius 1 is 1.58 bits per heavy atom. The third-order valence-corrected chi connectivity index (χ3v) is 2.08. The van der Waals surface area contributed by atoms with Gasteiger partial charge in [-0.25, -0.2) is 13.6 Å². The summed E-state index contributed by atoms with van der Waals surface area (Å²) in [5.74, 6) is -0.0972. The van der Waals surface area contributed by atoms with Crippen LogP contribution in [0.2, 0.25) is 0 Å². The van der Waals surface area contributed by atoms with Crippen LogP contribution in [0.25, 0.3) is 0 Å². The van der Waals surface area contributed by atoms with Gasteiger partial charge in [-0.1, -0.05) is 0 Å². The molecular formula is C5H7N3O3S. The maximum Gasteiger partial charge on any atom is 0.253 e. The van der Waals surface area contributed by atoms with Crippen LogP contribution < -0.4 is 9.88 Å². The fourth-order valence-corrected chi connectivity index (χ4v) is 1.28. The monoisotopic (exact) mass is 189 g/mol. The second-order valence-corrected chi connectivity index (χ2v) is 3.48. The molecule has 2 N–H and O–H groups in total. The molecule has 0 atom stereocenters. The molecule has 0 aromatic carbocycles. The SMILES string of the molecule is COc1nnccc1S(N)(=O)=O. The highest BCUT2D eigenvalue weighted by Gasteiger charge is 2.15. The third kappa shape index (κ3) is 1.69. The number of aromatic nitrogens is 2. The number of primary sulfonamides is 1. The number of methoxy groups -OCH3 is 1. The normalized spacial score (nSPS) is 11.2. The lowest BCUT2D eigenvalue weighted by molar-refractivity contribution is 0.379. The number of nitrogens with two attached hydrogens (primary N) is 1. The Morgan fingerprint density at radius 3 is 2.67 bits per heavy atom. The van der Waals surface area contributed by atoms with Crippen LogP contribution in [0.5, 0.6) is 5.88 Å². The van der Waals surface area contributed by atoms with Gasteiger partial charge < -0.3 is 4.74 Å². The van der Waals surface area contributed by atoms with Gasteiger partial charge in [-0.05, 0) is 6.07 Å². The van der Waals surface area contributed by atoms with Crippen molar-refractivity contribution < 1.29 is 13.2 Å². The van der Waals surface area contributed by atoms with Crippen molar-refractivity contribution >= 4 is 10.0 Å². The molecule has 7 heteroatoms. The summed E-state index contributed by atoms with van der Waals surface area (Å²) >= 11 is 0. The molecule has 6 nitrogen and oxygen atoms in total. The third-order valence-electron chi connectivity index (χ3n) is 1.15. The highest BCUT2D eigenvalue weighted by atomic mass is 32.2. The highest BCUT2D eigenvalue weighted by Crippen LogP contribution is 2.16. The van der Waals surface area contributed by atoms with Crippen LogP contribution in [0.4, 0.5) is 0 Å². The molecule has 1 rings (SSSR count). The topological polar surface area (TPSA) is 95.2 Å². The van der Waals surface area contributed by atoms with E-state index in [1.165, 1.54) is 19.4 Å². The summed E-state index contributed by atoms with van der Waals surface area (Å²) in [6, 6.07) is 1.22. The largest absolute Gasteiger partial charge is 0.479 e. The molecule has 1 aromatic heterocycles. The van der Waals surface area contributed by atoms with E-state index in [2.05, 4.69) is 14.9 Å². The van der Waals surface area contributed by atoms with Crippen LogP contribution >= 0.6 is 0 Å². The van der Waals surface area contributed by atoms with Gasteiger partial charge in [0.1, 0.15) is 4.90 Å². The first kappa shape index (κ1) is 8.88. The minimum absolute atomic E-state index is 0.0972. The zero-order valence-electron chi connectivity index (χ0n) is 6.26. The van der Waals surface area contributed by atoms with Crippen molar-refractivity contribution in [3.8, 4) is 5.88 Å². The van der Waals surface area contributed by atoms with Crippen molar-refractivity contribution in [1.82, 2.24) is 10.2 Å². The molecule has 0 aliphatic carbocycles. The maximum atomic E-state index is 10.8. The lowest BCUT2D eigenvalue weighted by Crippen LogP contribution is -2.14. The molecule has 12 heavy (non-hydrogen) atoms. The van der Waals surface area contributed by atoms with E-state index in [9.17, 15) is 8.42 Å². The smallest absolute Gasteiger partial charge is 0.253 e. The summed E-state index contributed by atoms with van der Waals surface area (Å²) < 4.78 is 26.3. The van der Waals surface area contributed by atoms with Crippen LogP contribution in [-0.2, 0) is 10.0 Å². The lowest BCUT2D eigenvalue weighted by Gasteiger charge is -2.01. The number of hydrogen-bond acceptors (Lipinski definition) is 5. The minimum atomic E-state index is -3.77. The zero-order valence-corrected chi connectivity index (χ0v) is 7.08. The van der Waals surface area contributed by atoms with Gasteiger partial charge in [-0.3, -0.25) is 0 Å². The van der Waals surface area contributed by atoms with Gasteiger partial charge in [0, 0.05) is 0 Å². The van der Waals surface area contributed by atoms with E-state index in [4.69, 9.17) is 5.14 Å². The van der Waals surface area contributed by atoms with Crippen LogP contribution in [-0.4, -0.2) is 25.7 Å².